The molecule has 0 saturated carbocycles. The van der Waals surface area contributed by atoms with Crippen molar-refractivity contribution in [2.75, 3.05) is 39.3 Å². The average Bonchev–Trinajstić information content (AvgIpc) is 3.31. The van der Waals surface area contributed by atoms with E-state index in [4.69, 9.17) is 0 Å². The molecule has 2 aromatic carbocycles. The number of carbonyl (C=O) groups excluding carboxylic acids is 1. The van der Waals surface area contributed by atoms with Crippen LogP contribution in [-0.4, -0.2) is 65.4 Å². The number of rotatable bonds is 6. The number of hydrogen-bond acceptors (Lipinski definition) is 3. The highest BCUT2D eigenvalue weighted by atomic mass is 19.1. The summed E-state index contributed by atoms with van der Waals surface area (Å²) >= 11 is 0. The van der Waals surface area contributed by atoms with Gasteiger partial charge in [-0.3, -0.25) is 14.6 Å². The Balaban J connectivity index is 1.50. The quantitative estimate of drug-likeness (QED) is 0.458. The second-order valence-corrected chi connectivity index (χ2v) is 11.9. The summed E-state index contributed by atoms with van der Waals surface area (Å²) < 4.78 is 15.2. The molecule has 3 atom stereocenters. The van der Waals surface area contributed by atoms with Gasteiger partial charge in [-0.25, -0.2) is 4.39 Å². The second-order valence-electron chi connectivity index (χ2n) is 11.9. The van der Waals surface area contributed by atoms with Gasteiger partial charge in [-0.05, 0) is 69.4 Å². The van der Waals surface area contributed by atoms with Crippen LogP contribution in [0.25, 0.3) is 0 Å². The maximum Gasteiger partial charge on any atom is 0.227 e. The van der Waals surface area contributed by atoms with Crippen LogP contribution in [-0.2, 0) is 11.2 Å². The molecule has 2 aliphatic heterocycles. The highest BCUT2D eigenvalue weighted by molar-refractivity contribution is 5.81. The lowest BCUT2D eigenvalue weighted by molar-refractivity contribution is -0.137. The highest BCUT2D eigenvalue weighted by Crippen LogP contribution is 2.39. The molecule has 0 bridgehead atoms. The number of hydrogen-bond donors (Lipinski definition) is 0. The van der Waals surface area contributed by atoms with Crippen molar-refractivity contribution in [3.63, 3.8) is 0 Å². The topological polar surface area (TPSA) is 26.8 Å². The first-order chi connectivity index (χ1) is 17.5. The van der Waals surface area contributed by atoms with Gasteiger partial charge in [0.25, 0.3) is 0 Å². The van der Waals surface area contributed by atoms with E-state index in [0.29, 0.717) is 31.7 Å². The van der Waals surface area contributed by atoms with E-state index >= 15 is 4.39 Å². The molecule has 0 radical (unpaired) electrons. The van der Waals surface area contributed by atoms with Crippen molar-refractivity contribution in [3.05, 3.63) is 82.7 Å². The first kappa shape index (κ1) is 27.5. The van der Waals surface area contributed by atoms with E-state index in [1.165, 1.54) is 16.7 Å². The second kappa shape index (κ2) is 11.1. The van der Waals surface area contributed by atoms with Crippen LogP contribution < -0.4 is 0 Å². The molecule has 200 valence electrons. The molecule has 0 aromatic heterocycles. The van der Waals surface area contributed by atoms with Crippen LogP contribution in [0.15, 0.2) is 49.1 Å². The molecule has 4 rings (SSSR count). The summed E-state index contributed by atoms with van der Waals surface area (Å²) in [4.78, 5) is 20.7. The third-order valence-electron chi connectivity index (χ3n) is 8.44. The number of likely N-dealkylation sites (tertiary alicyclic amines) is 1. The number of amides is 1. The predicted molar refractivity (Wildman–Crippen MR) is 150 cm³/mol. The molecule has 4 nitrogen and oxygen atoms in total. The molecular weight excluding hydrogens is 461 g/mol. The number of piperazine rings is 1. The molecular formula is C32H44FN3O. The van der Waals surface area contributed by atoms with Crippen LogP contribution in [0.2, 0.25) is 0 Å². The van der Waals surface area contributed by atoms with E-state index in [1.54, 1.807) is 6.07 Å². The van der Waals surface area contributed by atoms with Crippen molar-refractivity contribution in [2.24, 2.45) is 5.92 Å². The van der Waals surface area contributed by atoms with E-state index < -0.39 is 0 Å². The molecule has 0 spiro atoms. The van der Waals surface area contributed by atoms with Gasteiger partial charge < -0.3 is 4.90 Å². The van der Waals surface area contributed by atoms with Crippen molar-refractivity contribution < 1.29 is 9.18 Å². The fraction of sp³-hybridized carbons (Fsp3) is 0.531. The van der Waals surface area contributed by atoms with Gasteiger partial charge in [-0.1, -0.05) is 48.9 Å². The van der Waals surface area contributed by atoms with Gasteiger partial charge in [-0.2, -0.15) is 0 Å². The van der Waals surface area contributed by atoms with E-state index in [0.717, 1.165) is 25.1 Å². The van der Waals surface area contributed by atoms with Crippen LogP contribution >= 0.6 is 0 Å². The number of halogens is 1. The standard InChI is InChI=1S/C32H44FN3O/c1-8-24-11-13-26(29(33)19-24)27-20-36(32(5,6)7)21-28(27)31(37)35-16-14-34(15-17-35)30(9-2)25-12-10-22(3)18-23(25)4/h9-13,18-19,27-28,30H,2,8,14-17,20-21H2,1,3-7H3/t27-,28?,30?/m0/s1. The van der Waals surface area contributed by atoms with Gasteiger partial charge in [0.05, 0.1) is 12.0 Å². The Morgan fingerprint density at radius 2 is 1.78 bits per heavy atom. The minimum Gasteiger partial charge on any atom is -0.340 e. The number of nitrogens with zero attached hydrogens (tertiary/aromatic N) is 3. The number of aryl methyl sites for hydroxylation is 3. The lowest BCUT2D eigenvalue weighted by Crippen LogP contribution is -2.52. The Kier molecular flexibility index (Phi) is 8.25. The van der Waals surface area contributed by atoms with Gasteiger partial charge in [-0.15, -0.1) is 6.58 Å². The van der Waals surface area contributed by atoms with Gasteiger partial charge in [0, 0.05) is 50.7 Å². The molecule has 2 aliphatic rings. The predicted octanol–water partition coefficient (Wildman–Crippen LogP) is 5.89. The van der Waals surface area contributed by atoms with Gasteiger partial charge >= 0.3 is 0 Å². The normalized spacial score (nSPS) is 22.3. The Bertz CT molecular complexity index is 1130. The van der Waals surface area contributed by atoms with Gasteiger partial charge in [0.2, 0.25) is 5.91 Å². The molecule has 2 aromatic rings. The summed E-state index contributed by atoms with van der Waals surface area (Å²) in [5, 5.41) is 0. The Morgan fingerprint density at radius 1 is 1.08 bits per heavy atom. The van der Waals surface area contributed by atoms with Crippen molar-refractivity contribution in [2.45, 2.75) is 65.5 Å². The monoisotopic (exact) mass is 505 g/mol. The zero-order valence-corrected chi connectivity index (χ0v) is 23.6. The first-order valence-electron chi connectivity index (χ1n) is 13.8. The van der Waals surface area contributed by atoms with Crippen LogP contribution in [0.4, 0.5) is 4.39 Å². The van der Waals surface area contributed by atoms with E-state index in [9.17, 15) is 4.79 Å². The lowest BCUT2D eigenvalue weighted by Gasteiger charge is -2.40. The number of carbonyl (C=O) groups is 1. The van der Waals surface area contributed by atoms with Crippen LogP contribution in [0.5, 0.6) is 0 Å². The minimum atomic E-state index is -0.234. The van der Waals surface area contributed by atoms with Crippen molar-refractivity contribution in [1.82, 2.24) is 14.7 Å². The summed E-state index contributed by atoms with van der Waals surface area (Å²) in [6.07, 6.45) is 2.82. The highest BCUT2D eigenvalue weighted by Gasteiger charge is 2.44. The van der Waals surface area contributed by atoms with Gasteiger partial charge in [0.1, 0.15) is 5.82 Å². The fourth-order valence-corrected chi connectivity index (χ4v) is 6.09. The summed E-state index contributed by atoms with van der Waals surface area (Å²) in [5.41, 5.74) is 5.41. The molecule has 0 N–H and O–H groups in total. The smallest absolute Gasteiger partial charge is 0.227 e. The average molecular weight is 506 g/mol. The SMILES string of the molecule is C=CC(c1ccc(C)cc1C)N1CCN(C(=O)C2CN(C(C)(C)C)C[C@H]2c2ccc(CC)cc2F)CC1. The van der Waals surface area contributed by atoms with Crippen LogP contribution in [0.1, 0.15) is 67.5 Å². The van der Waals surface area contributed by atoms with Crippen molar-refractivity contribution in [1.29, 1.82) is 0 Å². The maximum atomic E-state index is 15.2. The van der Waals surface area contributed by atoms with E-state index in [1.807, 2.05) is 30.0 Å². The van der Waals surface area contributed by atoms with Gasteiger partial charge in [0.15, 0.2) is 0 Å². The lowest BCUT2D eigenvalue weighted by atomic mass is 9.86. The Morgan fingerprint density at radius 3 is 2.35 bits per heavy atom. The molecule has 0 aliphatic carbocycles. The summed E-state index contributed by atoms with van der Waals surface area (Å²) in [6, 6.07) is 12.3. The Hall–Kier alpha value is -2.50. The summed E-state index contributed by atoms with van der Waals surface area (Å²) in [6.45, 7) is 21.3. The largest absolute Gasteiger partial charge is 0.340 e. The number of benzene rings is 2. The third-order valence-corrected chi connectivity index (χ3v) is 8.44. The first-order valence-corrected chi connectivity index (χ1v) is 13.8. The van der Waals surface area contributed by atoms with Crippen LogP contribution in [0, 0.1) is 25.6 Å². The fourth-order valence-electron chi connectivity index (χ4n) is 6.09. The van der Waals surface area contributed by atoms with E-state index in [-0.39, 0.29) is 35.1 Å². The molecule has 2 fully saturated rings. The zero-order chi connectivity index (χ0) is 26.9. The molecule has 2 unspecified atom stereocenters. The molecule has 5 heteroatoms. The molecule has 2 saturated heterocycles. The maximum absolute atomic E-state index is 15.2. The van der Waals surface area contributed by atoms with E-state index in [2.05, 4.69) is 69.2 Å². The summed E-state index contributed by atoms with van der Waals surface area (Å²) in [5.74, 6) is -0.379. The molecule has 2 heterocycles. The Labute approximate surface area is 223 Å². The molecule has 37 heavy (non-hydrogen) atoms. The van der Waals surface area contributed by atoms with Crippen molar-refractivity contribution >= 4 is 5.91 Å². The third kappa shape index (κ3) is 5.83. The summed E-state index contributed by atoms with van der Waals surface area (Å²) in [7, 11) is 0. The zero-order valence-electron chi connectivity index (χ0n) is 23.6. The minimum absolute atomic E-state index is 0.0745. The van der Waals surface area contributed by atoms with Crippen molar-refractivity contribution in [3.8, 4) is 0 Å². The molecule has 1 amide bonds. The van der Waals surface area contributed by atoms with Crippen LogP contribution in [0.3, 0.4) is 0 Å².